The monoisotopic (exact) mass is 332 g/mol. The molecular weight excluding hydrogens is 319 g/mol. The van der Waals surface area contributed by atoms with Crippen molar-refractivity contribution in [3.05, 3.63) is 23.7 Å². The van der Waals surface area contributed by atoms with Crippen LogP contribution < -0.4 is 10.6 Å². The fourth-order valence-electron chi connectivity index (χ4n) is 1.30. The zero-order chi connectivity index (χ0) is 15.9. The molecule has 1 aromatic rings. The van der Waals surface area contributed by atoms with Crippen LogP contribution in [0.4, 0.5) is 22.0 Å². The number of rotatable bonds is 8. The van der Waals surface area contributed by atoms with Gasteiger partial charge in [0.25, 0.3) is 5.76 Å². The summed E-state index contributed by atoms with van der Waals surface area (Å²) in [4.78, 5) is 11.1. The number of furan rings is 1. The zero-order valence-corrected chi connectivity index (χ0v) is 11.5. The second-order valence-electron chi connectivity index (χ2n) is 3.94. The molecule has 0 saturated heterocycles. The molecule has 0 aliphatic rings. The molecule has 0 aliphatic carbocycles. The maximum absolute atomic E-state index is 12.0. The van der Waals surface area contributed by atoms with Crippen molar-refractivity contribution in [1.82, 2.24) is 10.6 Å². The maximum Gasteiger partial charge on any atom is 0.405 e. The topological polar surface area (TPSA) is 54.3 Å². The molecule has 120 valence electrons. The Balaban J connectivity index is 2.22. The molecule has 4 nitrogen and oxygen atoms in total. The van der Waals surface area contributed by atoms with Gasteiger partial charge in [-0.3, -0.25) is 4.79 Å². The number of amides is 1. The van der Waals surface area contributed by atoms with Crippen molar-refractivity contribution in [3.8, 4) is 0 Å². The van der Waals surface area contributed by atoms with Crippen molar-refractivity contribution in [2.75, 3.05) is 13.1 Å². The number of nitrogens with one attached hydrogen (secondary N) is 2. The first kappa shape index (κ1) is 17.8. The summed E-state index contributed by atoms with van der Waals surface area (Å²) in [6.07, 6.45) is -4.45. The molecule has 0 spiro atoms. The third kappa shape index (κ3) is 8.56. The quantitative estimate of drug-likeness (QED) is 0.718. The van der Waals surface area contributed by atoms with Crippen LogP contribution in [0.25, 0.3) is 0 Å². The fourth-order valence-corrected chi connectivity index (χ4v) is 1.75. The molecule has 0 radical (unpaired) electrons. The summed E-state index contributed by atoms with van der Waals surface area (Å²) in [5, 5.41) is 4.29. The number of hydrogen-bond acceptors (Lipinski definition) is 4. The zero-order valence-electron chi connectivity index (χ0n) is 10.7. The van der Waals surface area contributed by atoms with Gasteiger partial charge < -0.3 is 15.1 Å². The molecule has 1 amide bonds. The fraction of sp³-hybridized carbons (Fsp3) is 0.545. The molecule has 0 atom stereocenters. The van der Waals surface area contributed by atoms with Gasteiger partial charge in [0, 0.05) is 0 Å². The Hall–Kier alpha value is -1.29. The van der Waals surface area contributed by atoms with Crippen LogP contribution in [0.2, 0.25) is 0 Å². The summed E-state index contributed by atoms with van der Waals surface area (Å²) in [6.45, 7) is -1.58. The van der Waals surface area contributed by atoms with Crippen LogP contribution in [-0.4, -0.2) is 30.9 Å². The van der Waals surface area contributed by atoms with Gasteiger partial charge in [-0.05, 0) is 12.1 Å². The molecular formula is C11H13F5N2O2S. The van der Waals surface area contributed by atoms with Gasteiger partial charge in [-0.25, -0.2) is 0 Å². The lowest BCUT2D eigenvalue weighted by molar-refractivity contribution is -0.137. The molecule has 0 fully saturated rings. The molecule has 21 heavy (non-hydrogen) atoms. The highest BCUT2D eigenvalue weighted by atomic mass is 32.2. The molecule has 0 aromatic carbocycles. The lowest BCUT2D eigenvalue weighted by Crippen LogP contribution is -2.39. The summed E-state index contributed by atoms with van der Waals surface area (Å²) < 4.78 is 64.6. The first-order valence-corrected chi connectivity index (χ1v) is 6.82. The van der Waals surface area contributed by atoms with Crippen molar-refractivity contribution in [2.45, 2.75) is 24.2 Å². The average molecular weight is 332 g/mol. The Morgan fingerprint density at radius 2 is 1.95 bits per heavy atom. The van der Waals surface area contributed by atoms with Gasteiger partial charge >= 0.3 is 6.18 Å². The van der Waals surface area contributed by atoms with Crippen molar-refractivity contribution < 1.29 is 31.2 Å². The number of halogens is 5. The SMILES string of the molecule is O=C(CNCc1ccc(CSC(F)F)o1)NCC(F)(F)F. The lowest BCUT2D eigenvalue weighted by Gasteiger charge is -2.08. The van der Waals surface area contributed by atoms with Gasteiger partial charge in [0.1, 0.15) is 18.1 Å². The van der Waals surface area contributed by atoms with E-state index in [2.05, 4.69) is 5.32 Å². The van der Waals surface area contributed by atoms with E-state index in [1.807, 2.05) is 0 Å². The normalized spacial score (nSPS) is 11.9. The van der Waals surface area contributed by atoms with E-state index in [9.17, 15) is 26.7 Å². The van der Waals surface area contributed by atoms with Crippen LogP contribution in [0.5, 0.6) is 0 Å². The second kappa shape index (κ2) is 8.23. The van der Waals surface area contributed by atoms with E-state index in [0.29, 0.717) is 23.3 Å². The predicted octanol–water partition coefficient (Wildman–Crippen LogP) is 2.50. The first-order valence-electron chi connectivity index (χ1n) is 5.78. The number of carbonyl (C=O) groups excluding carboxylic acids is 1. The third-order valence-electron chi connectivity index (χ3n) is 2.14. The highest BCUT2D eigenvalue weighted by Crippen LogP contribution is 2.21. The highest BCUT2D eigenvalue weighted by molar-refractivity contribution is 7.98. The summed E-state index contributed by atoms with van der Waals surface area (Å²) in [6, 6.07) is 3.07. The van der Waals surface area contributed by atoms with E-state index < -0.39 is 24.4 Å². The number of alkyl halides is 5. The average Bonchev–Trinajstić information content (AvgIpc) is 2.81. The van der Waals surface area contributed by atoms with Gasteiger partial charge in [-0.15, -0.1) is 0 Å². The van der Waals surface area contributed by atoms with Gasteiger partial charge in [-0.1, -0.05) is 11.8 Å². The molecule has 0 saturated carbocycles. The molecule has 0 bridgehead atoms. The molecule has 2 N–H and O–H groups in total. The molecule has 10 heteroatoms. The summed E-state index contributed by atoms with van der Waals surface area (Å²) in [5.74, 6) is -2.51. The second-order valence-corrected chi connectivity index (χ2v) is 4.91. The highest BCUT2D eigenvalue weighted by Gasteiger charge is 2.27. The maximum atomic E-state index is 12.0. The van der Waals surface area contributed by atoms with E-state index in [-0.39, 0.29) is 18.8 Å². The summed E-state index contributed by atoms with van der Waals surface area (Å²) >= 11 is 0.417. The van der Waals surface area contributed by atoms with Crippen LogP contribution in [0, 0.1) is 0 Å². The molecule has 1 rings (SSSR count). The molecule has 0 aliphatic heterocycles. The minimum Gasteiger partial charge on any atom is -0.464 e. The Morgan fingerprint density at radius 1 is 1.29 bits per heavy atom. The van der Waals surface area contributed by atoms with E-state index >= 15 is 0 Å². The van der Waals surface area contributed by atoms with Crippen molar-refractivity contribution in [3.63, 3.8) is 0 Å². The molecule has 0 unspecified atom stereocenters. The minimum atomic E-state index is -4.45. The van der Waals surface area contributed by atoms with Crippen LogP contribution >= 0.6 is 11.8 Å². The lowest BCUT2D eigenvalue weighted by atomic mass is 10.4. The largest absolute Gasteiger partial charge is 0.464 e. The van der Waals surface area contributed by atoms with Crippen LogP contribution in [0.1, 0.15) is 11.5 Å². The molecule has 1 aromatic heterocycles. The van der Waals surface area contributed by atoms with Gasteiger partial charge in [0.15, 0.2) is 0 Å². The van der Waals surface area contributed by atoms with Crippen LogP contribution in [0.3, 0.4) is 0 Å². The van der Waals surface area contributed by atoms with Crippen molar-refractivity contribution in [1.29, 1.82) is 0 Å². The van der Waals surface area contributed by atoms with Crippen molar-refractivity contribution >= 4 is 17.7 Å². The Kier molecular flexibility index (Phi) is 6.96. The standard InChI is InChI=1S/C11H13F5N2O2S/c12-10(13)21-5-8-2-1-7(20-8)3-17-4-9(19)18-6-11(14,15)16/h1-2,10,17H,3-6H2,(H,18,19). The number of hydrogen-bond donors (Lipinski definition) is 2. The van der Waals surface area contributed by atoms with Gasteiger partial charge in [0.2, 0.25) is 5.91 Å². The minimum absolute atomic E-state index is 0.0176. The van der Waals surface area contributed by atoms with Gasteiger partial charge in [-0.2, -0.15) is 22.0 Å². The van der Waals surface area contributed by atoms with E-state index in [4.69, 9.17) is 4.42 Å². The van der Waals surface area contributed by atoms with E-state index in [1.54, 1.807) is 11.4 Å². The Morgan fingerprint density at radius 3 is 2.57 bits per heavy atom. The van der Waals surface area contributed by atoms with E-state index in [1.165, 1.54) is 6.07 Å². The summed E-state index contributed by atoms with van der Waals surface area (Å²) in [5.41, 5.74) is 0. The van der Waals surface area contributed by atoms with E-state index in [0.717, 1.165) is 0 Å². The first-order chi connectivity index (χ1) is 9.76. The van der Waals surface area contributed by atoms with Crippen LogP contribution in [-0.2, 0) is 17.1 Å². The summed E-state index contributed by atoms with van der Waals surface area (Å²) in [7, 11) is 0. The Bertz CT molecular complexity index is 450. The Labute approximate surface area is 121 Å². The number of carbonyl (C=O) groups is 1. The number of thioether (sulfide) groups is 1. The van der Waals surface area contributed by atoms with Gasteiger partial charge in [0.05, 0.1) is 18.8 Å². The smallest absolute Gasteiger partial charge is 0.405 e. The van der Waals surface area contributed by atoms with Crippen molar-refractivity contribution in [2.24, 2.45) is 0 Å². The molecule has 1 heterocycles. The van der Waals surface area contributed by atoms with Crippen LogP contribution in [0.15, 0.2) is 16.5 Å². The predicted molar refractivity (Wildman–Crippen MR) is 66.8 cm³/mol. The third-order valence-corrected chi connectivity index (χ3v) is 2.84.